The van der Waals surface area contributed by atoms with Crippen LogP contribution in [0.25, 0.3) is 0 Å². The summed E-state index contributed by atoms with van der Waals surface area (Å²) in [4.78, 5) is 13.4. The second-order valence-electron chi connectivity index (χ2n) is 4.12. The van der Waals surface area contributed by atoms with Crippen molar-refractivity contribution in [3.05, 3.63) is 23.8 Å². The highest BCUT2D eigenvalue weighted by Crippen LogP contribution is 2.23. The molecule has 0 fully saturated rings. The zero-order valence-corrected chi connectivity index (χ0v) is 10.2. The molecule has 2 N–H and O–H groups in total. The van der Waals surface area contributed by atoms with E-state index in [1.54, 1.807) is 32.3 Å². The monoisotopic (exact) mass is 222 g/mol. The quantitative estimate of drug-likeness (QED) is 0.793. The van der Waals surface area contributed by atoms with Gasteiger partial charge in [-0.1, -0.05) is 0 Å². The van der Waals surface area contributed by atoms with E-state index in [-0.39, 0.29) is 12.0 Å². The second-order valence-corrected chi connectivity index (χ2v) is 4.12. The van der Waals surface area contributed by atoms with E-state index >= 15 is 0 Å². The molecule has 88 valence electrons. The van der Waals surface area contributed by atoms with Crippen LogP contribution in [0.2, 0.25) is 0 Å². The summed E-state index contributed by atoms with van der Waals surface area (Å²) in [7, 11) is 3.41. The van der Waals surface area contributed by atoms with Crippen LogP contribution in [0.5, 0.6) is 5.75 Å². The van der Waals surface area contributed by atoms with Gasteiger partial charge in [0, 0.05) is 25.8 Å². The molecule has 0 aliphatic heterocycles. The minimum atomic E-state index is -0.0874. The third-order valence-electron chi connectivity index (χ3n) is 2.00. The summed E-state index contributed by atoms with van der Waals surface area (Å²) in [6.07, 6.45) is 0.00973. The summed E-state index contributed by atoms with van der Waals surface area (Å²) in [5, 5.41) is 0. The Kier molecular flexibility index (Phi) is 3.77. The van der Waals surface area contributed by atoms with Crippen molar-refractivity contribution in [2.75, 3.05) is 19.8 Å². The SMILES string of the molecule is CC(C)Oc1cc(N)ccc1C(=O)N(C)C. The number of rotatable bonds is 3. The number of benzene rings is 1. The molecule has 0 aromatic heterocycles. The molecule has 0 spiro atoms. The summed E-state index contributed by atoms with van der Waals surface area (Å²) in [6.45, 7) is 3.82. The van der Waals surface area contributed by atoms with Crippen LogP contribution in [0, 0.1) is 0 Å². The molecule has 1 rings (SSSR count). The molecule has 0 unspecified atom stereocenters. The Labute approximate surface area is 96.0 Å². The number of amides is 1. The van der Waals surface area contributed by atoms with Gasteiger partial charge in [0.1, 0.15) is 5.75 Å². The van der Waals surface area contributed by atoms with Crippen molar-refractivity contribution in [3.8, 4) is 5.75 Å². The lowest BCUT2D eigenvalue weighted by Crippen LogP contribution is -2.23. The van der Waals surface area contributed by atoms with Crippen molar-refractivity contribution < 1.29 is 9.53 Å². The van der Waals surface area contributed by atoms with Crippen LogP contribution in [0.3, 0.4) is 0 Å². The van der Waals surface area contributed by atoms with Crippen LogP contribution in [-0.4, -0.2) is 31.0 Å². The summed E-state index contributed by atoms with van der Waals surface area (Å²) in [5.74, 6) is 0.448. The highest BCUT2D eigenvalue weighted by molar-refractivity contribution is 5.97. The van der Waals surface area contributed by atoms with Crippen molar-refractivity contribution in [1.82, 2.24) is 4.90 Å². The fraction of sp³-hybridized carbons (Fsp3) is 0.417. The standard InChI is InChI=1S/C12H18N2O2/c1-8(2)16-11-7-9(13)5-6-10(11)12(15)14(3)4/h5-8H,13H2,1-4H3. The molecule has 1 aromatic rings. The van der Waals surface area contributed by atoms with E-state index in [4.69, 9.17) is 10.5 Å². The summed E-state index contributed by atoms with van der Waals surface area (Å²) in [6, 6.07) is 5.07. The molecule has 16 heavy (non-hydrogen) atoms. The van der Waals surface area contributed by atoms with Crippen LogP contribution >= 0.6 is 0 Å². The first-order valence-electron chi connectivity index (χ1n) is 5.19. The predicted molar refractivity (Wildman–Crippen MR) is 64.6 cm³/mol. The molecule has 0 aliphatic rings. The van der Waals surface area contributed by atoms with Crippen LogP contribution < -0.4 is 10.5 Å². The van der Waals surface area contributed by atoms with Gasteiger partial charge < -0.3 is 15.4 Å². The summed E-state index contributed by atoms with van der Waals surface area (Å²) < 4.78 is 5.57. The Morgan fingerprint density at radius 2 is 2.00 bits per heavy atom. The van der Waals surface area contributed by atoms with Crippen molar-refractivity contribution in [2.24, 2.45) is 0 Å². The van der Waals surface area contributed by atoms with Crippen LogP contribution in [-0.2, 0) is 0 Å². The van der Waals surface area contributed by atoms with E-state index in [1.807, 2.05) is 13.8 Å². The summed E-state index contributed by atoms with van der Waals surface area (Å²) >= 11 is 0. The van der Waals surface area contributed by atoms with Gasteiger partial charge >= 0.3 is 0 Å². The topological polar surface area (TPSA) is 55.6 Å². The first-order chi connectivity index (χ1) is 7.41. The van der Waals surface area contributed by atoms with Gasteiger partial charge in [-0.2, -0.15) is 0 Å². The Hall–Kier alpha value is -1.71. The predicted octanol–water partition coefficient (Wildman–Crippen LogP) is 1.76. The number of nitrogens with zero attached hydrogens (tertiary/aromatic N) is 1. The van der Waals surface area contributed by atoms with Gasteiger partial charge in [-0.05, 0) is 26.0 Å². The average Bonchev–Trinajstić information content (AvgIpc) is 2.15. The smallest absolute Gasteiger partial charge is 0.257 e. The lowest BCUT2D eigenvalue weighted by atomic mass is 10.1. The number of nitrogen functional groups attached to an aromatic ring is 1. The van der Waals surface area contributed by atoms with Gasteiger partial charge in [-0.3, -0.25) is 4.79 Å². The van der Waals surface area contributed by atoms with E-state index < -0.39 is 0 Å². The lowest BCUT2D eigenvalue weighted by Gasteiger charge is -2.17. The number of anilines is 1. The number of hydrogen-bond acceptors (Lipinski definition) is 3. The zero-order chi connectivity index (χ0) is 12.3. The molecule has 4 nitrogen and oxygen atoms in total. The summed E-state index contributed by atoms with van der Waals surface area (Å²) in [5.41, 5.74) is 6.80. The van der Waals surface area contributed by atoms with Gasteiger partial charge in [-0.25, -0.2) is 0 Å². The molecule has 0 atom stereocenters. The highest BCUT2D eigenvalue weighted by Gasteiger charge is 2.15. The van der Waals surface area contributed by atoms with Crippen molar-refractivity contribution in [3.63, 3.8) is 0 Å². The first kappa shape index (κ1) is 12.4. The largest absolute Gasteiger partial charge is 0.490 e. The molecule has 0 saturated heterocycles. The third-order valence-corrected chi connectivity index (χ3v) is 2.00. The molecule has 1 amide bonds. The van der Waals surface area contributed by atoms with Crippen molar-refractivity contribution in [1.29, 1.82) is 0 Å². The maximum atomic E-state index is 11.9. The molecule has 0 bridgehead atoms. The molecule has 0 saturated carbocycles. The van der Waals surface area contributed by atoms with E-state index in [2.05, 4.69) is 0 Å². The Morgan fingerprint density at radius 1 is 1.38 bits per heavy atom. The van der Waals surface area contributed by atoms with E-state index in [0.29, 0.717) is 17.0 Å². The number of nitrogens with two attached hydrogens (primary N) is 1. The molecular formula is C12H18N2O2. The molecule has 0 heterocycles. The van der Waals surface area contributed by atoms with Crippen molar-refractivity contribution in [2.45, 2.75) is 20.0 Å². The Balaban J connectivity index is 3.12. The number of carbonyl (C=O) groups excluding carboxylic acids is 1. The minimum Gasteiger partial charge on any atom is -0.490 e. The second kappa shape index (κ2) is 4.88. The Bertz CT molecular complexity index is 387. The van der Waals surface area contributed by atoms with E-state index in [9.17, 15) is 4.79 Å². The third kappa shape index (κ3) is 2.89. The first-order valence-corrected chi connectivity index (χ1v) is 5.19. The lowest BCUT2D eigenvalue weighted by molar-refractivity contribution is 0.0821. The average molecular weight is 222 g/mol. The molecule has 0 aliphatic carbocycles. The van der Waals surface area contributed by atoms with Gasteiger partial charge in [0.05, 0.1) is 11.7 Å². The molecular weight excluding hydrogens is 204 g/mol. The molecule has 1 aromatic carbocycles. The normalized spacial score (nSPS) is 10.3. The number of carbonyl (C=O) groups is 1. The van der Waals surface area contributed by atoms with Crippen LogP contribution in [0.15, 0.2) is 18.2 Å². The van der Waals surface area contributed by atoms with Crippen LogP contribution in [0.4, 0.5) is 5.69 Å². The van der Waals surface area contributed by atoms with Gasteiger partial charge in [0.2, 0.25) is 0 Å². The van der Waals surface area contributed by atoms with E-state index in [0.717, 1.165) is 0 Å². The fourth-order valence-corrected chi connectivity index (χ4v) is 1.31. The number of hydrogen-bond donors (Lipinski definition) is 1. The van der Waals surface area contributed by atoms with Gasteiger partial charge in [-0.15, -0.1) is 0 Å². The van der Waals surface area contributed by atoms with Crippen molar-refractivity contribution >= 4 is 11.6 Å². The zero-order valence-electron chi connectivity index (χ0n) is 10.2. The minimum absolute atomic E-state index is 0.00973. The molecule has 4 heteroatoms. The van der Waals surface area contributed by atoms with Crippen LogP contribution in [0.1, 0.15) is 24.2 Å². The van der Waals surface area contributed by atoms with Gasteiger partial charge in [0.15, 0.2) is 0 Å². The molecule has 0 radical (unpaired) electrons. The fourth-order valence-electron chi connectivity index (χ4n) is 1.31. The number of ether oxygens (including phenoxy) is 1. The maximum absolute atomic E-state index is 11.9. The van der Waals surface area contributed by atoms with E-state index in [1.165, 1.54) is 4.90 Å². The maximum Gasteiger partial charge on any atom is 0.257 e. The van der Waals surface area contributed by atoms with Gasteiger partial charge in [0.25, 0.3) is 5.91 Å². The Morgan fingerprint density at radius 3 is 2.50 bits per heavy atom. The highest BCUT2D eigenvalue weighted by atomic mass is 16.5.